The Bertz CT molecular complexity index is 413. The zero-order chi connectivity index (χ0) is 13.8. The highest BCUT2D eigenvalue weighted by Crippen LogP contribution is 2.13. The van der Waals surface area contributed by atoms with Crippen LogP contribution in [0.15, 0.2) is 0 Å². The molecule has 1 rings (SSSR count). The van der Waals surface area contributed by atoms with Gasteiger partial charge in [-0.3, -0.25) is 0 Å². The number of halogens is 2. The van der Waals surface area contributed by atoms with Crippen LogP contribution >= 0.6 is 23.2 Å². The van der Waals surface area contributed by atoms with E-state index in [0.717, 1.165) is 0 Å². The number of sulfonamides is 2. The van der Waals surface area contributed by atoms with Crippen LogP contribution in [-0.4, -0.2) is 62.0 Å². The van der Waals surface area contributed by atoms with Gasteiger partial charge in [0.05, 0.1) is 0 Å². The average Bonchev–Trinajstić information content (AvgIpc) is 2.28. The van der Waals surface area contributed by atoms with Crippen LogP contribution < -0.4 is 0 Å². The number of nitrogens with zero attached hydrogens (tertiary/aromatic N) is 2. The molecule has 1 saturated heterocycles. The molecule has 0 atom stereocenters. The van der Waals surface area contributed by atoms with Crippen molar-refractivity contribution < 1.29 is 16.8 Å². The highest BCUT2D eigenvalue weighted by molar-refractivity contribution is 7.90. The van der Waals surface area contributed by atoms with E-state index in [1.807, 2.05) is 0 Å². The Morgan fingerprint density at radius 1 is 0.722 bits per heavy atom. The van der Waals surface area contributed by atoms with Crippen LogP contribution in [-0.2, 0) is 20.0 Å². The summed E-state index contributed by atoms with van der Waals surface area (Å²) in [6, 6.07) is 0. The molecule has 0 aromatic heterocycles. The summed E-state index contributed by atoms with van der Waals surface area (Å²) in [5.74, 6) is 0. The topological polar surface area (TPSA) is 74.8 Å². The quantitative estimate of drug-likeness (QED) is 0.697. The van der Waals surface area contributed by atoms with Crippen LogP contribution in [0.2, 0.25) is 0 Å². The minimum Gasteiger partial charge on any atom is -0.211 e. The Kier molecular flexibility index (Phi) is 6.14. The fourth-order valence-corrected chi connectivity index (χ4v) is 4.50. The smallest absolute Gasteiger partial charge is 0.211 e. The van der Waals surface area contributed by atoms with Crippen molar-refractivity contribution in [2.24, 2.45) is 0 Å². The van der Waals surface area contributed by atoms with Gasteiger partial charge in [0.1, 0.15) is 10.4 Å². The molecule has 0 amide bonds. The van der Waals surface area contributed by atoms with Gasteiger partial charge in [0.2, 0.25) is 20.0 Å². The Morgan fingerprint density at radius 3 is 1.22 bits per heavy atom. The van der Waals surface area contributed by atoms with E-state index in [1.165, 1.54) is 8.61 Å². The molecule has 6 nitrogen and oxygen atoms in total. The standard InChI is InChI=1S/C8H16Cl2N2O4S2/c9-7-17(13,14)11-3-1-4-12(6-2-5-11)18(15,16)8-10/h1-8H2. The molecule has 10 heteroatoms. The number of alkyl halides is 2. The molecular weight excluding hydrogens is 323 g/mol. The normalized spacial score (nSPS) is 21.4. The molecule has 18 heavy (non-hydrogen) atoms. The number of hydrogen-bond acceptors (Lipinski definition) is 4. The summed E-state index contributed by atoms with van der Waals surface area (Å²) in [5, 5.41) is -0.895. The molecule has 0 unspecified atom stereocenters. The highest BCUT2D eigenvalue weighted by atomic mass is 35.5. The third kappa shape index (κ3) is 4.21. The van der Waals surface area contributed by atoms with E-state index in [9.17, 15) is 16.8 Å². The lowest BCUT2D eigenvalue weighted by Gasteiger charge is -2.28. The van der Waals surface area contributed by atoms with Gasteiger partial charge in [-0.2, -0.15) is 0 Å². The number of hydrogen-bond donors (Lipinski definition) is 0. The minimum absolute atomic E-state index is 0.281. The SMILES string of the molecule is O=S(=O)(CCl)N1CCCN(S(=O)(=O)CCl)CCC1. The Balaban J connectivity index is 2.67. The monoisotopic (exact) mass is 338 g/mol. The van der Waals surface area contributed by atoms with Gasteiger partial charge in [0.25, 0.3) is 0 Å². The van der Waals surface area contributed by atoms with E-state index >= 15 is 0 Å². The molecule has 0 radical (unpaired) electrons. The van der Waals surface area contributed by atoms with Crippen LogP contribution in [0, 0.1) is 0 Å². The minimum atomic E-state index is -3.41. The molecule has 1 fully saturated rings. The maximum absolute atomic E-state index is 11.6. The van der Waals surface area contributed by atoms with E-state index in [0.29, 0.717) is 12.8 Å². The van der Waals surface area contributed by atoms with Crippen LogP contribution in [0.4, 0.5) is 0 Å². The first-order chi connectivity index (χ1) is 8.33. The van der Waals surface area contributed by atoms with Crippen molar-refractivity contribution in [1.29, 1.82) is 0 Å². The Morgan fingerprint density at radius 2 is 1.00 bits per heavy atom. The molecule has 1 aliphatic heterocycles. The molecule has 1 heterocycles. The van der Waals surface area contributed by atoms with Crippen molar-refractivity contribution in [2.45, 2.75) is 12.8 Å². The van der Waals surface area contributed by atoms with Crippen molar-refractivity contribution in [2.75, 3.05) is 36.6 Å². The van der Waals surface area contributed by atoms with Gasteiger partial charge in [-0.25, -0.2) is 25.4 Å². The zero-order valence-electron chi connectivity index (χ0n) is 9.76. The van der Waals surface area contributed by atoms with Crippen molar-refractivity contribution >= 4 is 43.2 Å². The molecule has 0 N–H and O–H groups in total. The van der Waals surface area contributed by atoms with Crippen molar-refractivity contribution in [3.05, 3.63) is 0 Å². The van der Waals surface area contributed by atoms with Crippen molar-refractivity contribution in [3.8, 4) is 0 Å². The summed E-state index contributed by atoms with van der Waals surface area (Å²) in [7, 11) is -6.83. The van der Waals surface area contributed by atoms with E-state index in [2.05, 4.69) is 0 Å². The highest BCUT2D eigenvalue weighted by Gasteiger charge is 2.26. The lowest BCUT2D eigenvalue weighted by atomic mass is 10.3. The number of rotatable bonds is 4. The molecule has 108 valence electrons. The second-order valence-electron chi connectivity index (χ2n) is 3.95. The fraction of sp³-hybridized carbons (Fsp3) is 1.00. The van der Waals surface area contributed by atoms with Gasteiger partial charge in [0.15, 0.2) is 0 Å². The summed E-state index contributed by atoms with van der Waals surface area (Å²) in [6.45, 7) is 1.12. The lowest BCUT2D eigenvalue weighted by Crippen LogP contribution is -2.42. The molecule has 0 bridgehead atoms. The Labute approximate surface area is 118 Å². The first kappa shape index (κ1) is 16.5. The lowest BCUT2D eigenvalue weighted by molar-refractivity contribution is 0.311. The molecule has 0 spiro atoms. The largest absolute Gasteiger partial charge is 0.228 e. The summed E-state index contributed by atoms with van der Waals surface area (Å²) < 4.78 is 49.0. The van der Waals surface area contributed by atoms with E-state index in [1.54, 1.807) is 0 Å². The van der Waals surface area contributed by atoms with Gasteiger partial charge in [0, 0.05) is 26.2 Å². The van der Waals surface area contributed by atoms with E-state index in [-0.39, 0.29) is 26.2 Å². The van der Waals surface area contributed by atoms with Gasteiger partial charge in [-0.05, 0) is 12.8 Å². The van der Waals surface area contributed by atoms with Gasteiger partial charge in [-0.1, -0.05) is 0 Å². The molecule has 0 saturated carbocycles. The predicted molar refractivity (Wildman–Crippen MR) is 71.7 cm³/mol. The van der Waals surface area contributed by atoms with Gasteiger partial charge >= 0.3 is 0 Å². The van der Waals surface area contributed by atoms with Gasteiger partial charge in [-0.15, -0.1) is 23.2 Å². The molecule has 0 aliphatic carbocycles. The maximum atomic E-state index is 11.6. The molecular formula is C8H16Cl2N2O4S2. The third-order valence-corrected chi connectivity index (χ3v) is 7.20. The van der Waals surface area contributed by atoms with Crippen LogP contribution in [0.25, 0.3) is 0 Å². The summed E-state index contributed by atoms with van der Waals surface area (Å²) in [4.78, 5) is 0. The second kappa shape index (κ2) is 6.71. The first-order valence-electron chi connectivity index (χ1n) is 5.41. The summed E-state index contributed by atoms with van der Waals surface area (Å²) >= 11 is 10.8. The van der Waals surface area contributed by atoms with Crippen LogP contribution in [0.5, 0.6) is 0 Å². The Hall–Kier alpha value is 0.400. The van der Waals surface area contributed by atoms with E-state index < -0.39 is 30.5 Å². The fourth-order valence-electron chi connectivity index (χ4n) is 1.76. The average molecular weight is 339 g/mol. The third-order valence-electron chi connectivity index (χ3n) is 2.69. The summed E-state index contributed by atoms with van der Waals surface area (Å²) in [5.41, 5.74) is 0. The van der Waals surface area contributed by atoms with Crippen molar-refractivity contribution in [3.63, 3.8) is 0 Å². The first-order valence-corrected chi connectivity index (χ1v) is 9.70. The second-order valence-corrected chi connectivity index (χ2v) is 9.05. The summed E-state index contributed by atoms with van der Waals surface area (Å²) in [6.07, 6.45) is 0.873. The maximum Gasteiger partial charge on any atom is 0.228 e. The molecule has 0 aromatic rings. The van der Waals surface area contributed by atoms with Crippen LogP contribution in [0.3, 0.4) is 0 Å². The molecule has 0 aromatic carbocycles. The zero-order valence-corrected chi connectivity index (χ0v) is 12.9. The predicted octanol–water partition coefficient (Wildman–Crippen LogP) is 0.436. The van der Waals surface area contributed by atoms with E-state index in [4.69, 9.17) is 23.2 Å². The van der Waals surface area contributed by atoms with Crippen molar-refractivity contribution in [1.82, 2.24) is 8.61 Å². The van der Waals surface area contributed by atoms with Crippen LogP contribution in [0.1, 0.15) is 12.8 Å². The van der Waals surface area contributed by atoms with Gasteiger partial charge < -0.3 is 0 Å². The molecule has 1 aliphatic rings.